The third-order valence-corrected chi connectivity index (χ3v) is 3.17. The lowest BCUT2D eigenvalue weighted by atomic mass is 10.1. The fraction of sp³-hybridized carbons (Fsp3) is 0.250. The van der Waals surface area contributed by atoms with E-state index in [2.05, 4.69) is 4.98 Å². The smallest absolute Gasteiger partial charge is 0.303 e. The molecule has 0 saturated carbocycles. The lowest BCUT2D eigenvalue weighted by Crippen LogP contribution is -2.00. The summed E-state index contributed by atoms with van der Waals surface area (Å²) in [6.07, 6.45) is 0.633. The highest BCUT2D eigenvalue weighted by Crippen LogP contribution is 2.23. The predicted octanol–water partition coefficient (Wildman–Crippen LogP) is 3.08. The van der Waals surface area contributed by atoms with E-state index in [1.165, 1.54) is 0 Å². The number of hydrogen-bond donors (Lipinski definition) is 1. The molecule has 0 unspecified atom stereocenters. The van der Waals surface area contributed by atoms with Crippen LogP contribution in [0.5, 0.6) is 5.75 Å². The average Bonchev–Trinajstić information content (AvgIpc) is 2.46. The van der Waals surface area contributed by atoms with Gasteiger partial charge < -0.3 is 9.84 Å². The van der Waals surface area contributed by atoms with Crippen molar-refractivity contribution in [1.29, 1.82) is 0 Å². The second-order valence-electron chi connectivity index (χ2n) is 4.57. The van der Waals surface area contributed by atoms with Gasteiger partial charge in [0.05, 0.1) is 12.8 Å². The number of hydrogen-bond acceptors (Lipinski definition) is 3. The Labute approximate surface area is 118 Å². The molecule has 0 saturated heterocycles. The molecule has 104 valence electrons. The van der Waals surface area contributed by atoms with Crippen molar-refractivity contribution >= 4 is 5.97 Å². The van der Waals surface area contributed by atoms with Crippen LogP contribution >= 0.6 is 0 Å². The van der Waals surface area contributed by atoms with Crippen molar-refractivity contribution < 1.29 is 14.6 Å². The number of benzene rings is 1. The molecule has 2 aromatic rings. The van der Waals surface area contributed by atoms with Gasteiger partial charge in [0.2, 0.25) is 0 Å². The van der Waals surface area contributed by atoms with E-state index < -0.39 is 5.97 Å². The summed E-state index contributed by atoms with van der Waals surface area (Å²) < 4.78 is 5.20. The lowest BCUT2D eigenvalue weighted by Gasteiger charge is -2.08. The van der Waals surface area contributed by atoms with Gasteiger partial charge >= 0.3 is 5.97 Å². The Balaban J connectivity index is 2.25. The quantitative estimate of drug-likeness (QED) is 0.907. The molecule has 1 N–H and O–H groups in total. The maximum atomic E-state index is 10.6. The van der Waals surface area contributed by atoms with E-state index in [9.17, 15) is 4.79 Å². The molecule has 0 aliphatic carbocycles. The molecule has 4 nitrogen and oxygen atoms in total. The molecular formula is C16H17NO3. The summed E-state index contributed by atoms with van der Waals surface area (Å²) in [6.45, 7) is 1.90. The van der Waals surface area contributed by atoms with E-state index in [1.807, 2.05) is 43.3 Å². The number of aliphatic carboxylic acids is 1. The molecule has 0 aliphatic heterocycles. The number of carboxylic acids is 1. The zero-order valence-corrected chi connectivity index (χ0v) is 11.6. The van der Waals surface area contributed by atoms with E-state index in [1.54, 1.807) is 7.11 Å². The highest BCUT2D eigenvalue weighted by atomic mass is 16.5. The molecule has 0 radical (unpaired) electrons. The number of aromatic nitrogens is 1. The van der Waals surface area contributed by atoms with Crippen LogP contribution in [0.15, 0.2) is 36.4 Å². The number of rotatable bonds is 5. The van der Waals surface area contributed by atoms with Gasteiger partial charge in [-0.25, -0.2) is 0 Å². The van der Waals surface area contributed by atoms with Crippen LogP contribution in [0.3, 0.4) is 0 Å². The van der Waals surface area contributed by atoms with Crippen LogP contribution in [-0.2, 0) is 11.2 Å². The highest BCUT2D eigenvalue weighted by Gasteiger charge is 2.06. The van der Waals surface area contributed by atoms with E-state index in [4.69, 9.17) is 9.84 Å². The fourth-order valence-electron chi connectivity index (χ4n) is 2.04. The van der Waals surface area contributed by atoms with Gasteiger partial charge in [-0.05, 0) is 37.1 Å². The molecule has 0 aliphatic rings. The minimum Gasteiger partial charge on any atom is -0.497 e. The van der Waals surface area contributed by atoms with Crippen molar-refractivity contribution in [1.82, 2.24) is 4.98 Å². The largest absolute Gasteiger partial charge is 0.497 e. The summed E-state index contributed by atoms with van der Waals surface area (Å²) in [5.74, 6) is -0.00169. The molecule has 1 heterocycles. The Kier molecular flexibility index (Phi) is 4.35. The number of carboxylic acid groups (broad SMARTS) is 1. The van der Waals surface area contributed by atoms with Gasteiger partial charge in [0.25, 0.3) is 0 Å². The van der Waals surface area contributed by atoms with Crippen LogP contribution in [0.2, 0.25) is 0 Å². The molecule has 2 rings (SSSR count). The molecule has 0 bridgehead atoms. The van der Waals surface area contributed by atoms with Crippen LogP contribution in [0.1, 0.15) is 17.7 Å². The first-order valence-electron chi connectivity index (χ1n) is 6.43. The Morgan fingerprint density at radius 1 is 1.30 bits per heavy atom. The minimum atomic E-state index is -0.790. The summed E-state index contributed by atoms with van der Waals surface area (Å²) in [5, 5.41) is 8.72. The highest BCUT2D eigenvalue weighted by molar-refractivity contribution is 5.67. The summed E-state index contributed by atoms with van der Waals surface area (Å²) in [5.41, 5.74) is 3.68. The number of methoxy groups -OCH3 is 1. The standard InChI is InChI=1S/C16H17NO3/c1-11-12(7-9-16(18)19)6-8-15(17-11)13-4-3-5-14(10-13)20-2/h3-6,8,10H,7,9H2,1-2H3,(H,18,19). The first kappa shape index (κ1) is 14.1. The third-order valence-electron chi connectivity index (χ3n) is 3.17. The van der Waals surface area contributed by atoms with E-state index in [-0.39, 0.29) is 6.42 Å². The Morgan fingerprint density at radius 2 is 2.10 bits per heavy atom. The van der Waals surface area contributed by atoms with E-state index >= 15 is 0 Å². The van der Waals surface area contributed by atoms with Crippen LogP contribution in [0.25, 0.3) is 11.3 Å². The van der Waals surface area contributed by atoms with Gasteiger partial charge in [-0.15, -0.1) is 0 Å². The molecular weight excluding hydrogens is 254 g/mol. The van der Waals surface area contributed by atoms with E-state index in [0.717, 1.165) is 28.3 Å². The molecule has 1 aromatic heterocycles. The first-order valence-corrected chi connectivity index (χ1v) is 6.43. The average molecular weight is 271 g/mol. The van der Waals surface area contributed by atoms with Gasteiger partial charge in [0.1, 0.15) is 5.75 Å². The van der Waals surface area contributed by atoms with Gasteiger partial charge in [-0.2, -0.15) is 0 Å². The normalized spacial score (nSPS) is 10.3. The zero-order chi connectivity index (χ0) is 14.5. The maximum absolute atomic E-state index is 10.6. The summed E-state index contributed by atoms with van der Waals surface area (Å²) in [7, 11) is 1.63. The molecule has 20 heavy (non-hydrogen) atoms. The summed E-state index contributed by atoms with van der Waals surface area (Å²) in [6, 6.07) is 11.6. The first-order chi connectivity index (χ1) is 9.60. The molecule has 0 atom stereocenters. The van der Waals surface area contributed by atoms with Gasteiger partial charge in [0.15, 0.2) is 0 Å². The molecule has 4 heteroatoms. The second-order valence-corrected chi connectivity index (χ2v) is 4.57. The molecule has 0 amide bonds. The second kappa shape index (κ2) is 6.19. The Bertz CT molecular complexity index is 623. The fourth-order valence-corrected chi connectivity index (χ4v) is 2.04. The van der Waals surface area contributed by atoms with Crippen LogP contribution in [0, 0.1) is 6.92 Å². The lowest BCUT2D eigenvalue weighted by molar-refractivity contribution is -0.136. The summed E-state index contributed by atoms with van der Waals surface area (Å²) >= 11 is 0. The maximum Gasteiger partial charge on any atom is 0.303 e. The van der Waals surface area contributed by atoms with Crippen molar-refractivity contribution in [2.45, 2.75) is 19.8 Å². The molecule has 1 aromatic carbocycles. The predicted molar refractivity (Wildman–Crippen MR) is 76.9 cm³/mol. The van der Waals surface area contributed by atoms with Gasteiger partial charge in [0, 0.05) is 17.7 Å². The Morgan fingerprint density at radius 3 is 2.75 bits per heavy atom. The van der Waals surface area contributed by atoms with Gasteiger partial charge in [-0.1, -0.05) is 18.2 Å². The molecule has 0 spiro atoms. The third kappa shape index (κ3) is 3.35. The number of pyridine rings is 1. The molecule has 0 fully saturated rings. The minimum absolute atomic E-state index is 0.126. The van der Waals surface area contributed by atoms with Crippen molar-refractivity contribution in [2.75, 3.05) is 7.11 Å². The van der Waals surface area contributed by atoms with Crippen molar-refractivity contribution in [2.24, 2.45) is 0 Å². The Hall–Kier alpha value is -2.36. The van der Waals surface area contributed by atoms with E-state index in [0.29, 0.717) is 6.42 Å². The number of aryl methyl sites for hydroxylation is 2. The summed E-state index contributed by atoms with van der Waals surface area (Å²) in [4.78, 5) is 15.2. The van der Waals surface area contributed by atoms with Crippen LogP contribution in [-0.4, -0.2) is 23.2 Å². The SMILES string of the molecule is COc1cccc(-c2ccc(CCC(=O)O)c(C)n2)c1. The van der Waals surface area contributed by atoms with Crippen LogP contribution < -0.4 is 4.74 Å². The van der Waals surface area contributed by atoms with Crippen molar-refractivity contribution in [3.05, 3.63) is 47.7 Å². The van der Waals surface area contributed by atoms with Crippen molar-refractivity contribution in [3.63, 3.8) is 0 Å². The zero-order valence-electron chi connectivity index (χ0n) is 11.6. The topological polar surface area (TPSA) is 59.4 Å². The van der Waals surface area contributed by atoms with Gasteiger partial charge in [-0.3, -0.25) is 9.78 Å². The monoisotopic (exact) mass is 271 g/mol. The van der Waals surface area contributed by atoms with Crippen molar-refractivity contribution in [3.8, 4) is 17.0 Å². The number of nitrogens with zero attached hydrogens (tertiary/aromatic N) is 1. The number of carbonyl (C=O) groups is 1. The van der Waals surface area contributed by atoms with Crippen LogP contribution in [0.4, 0.5) is 0 Å². The number of ether oxygens (including phenoxy) is 1.